The van der Waals surface area contributed by atoms with Crippen LogP contribution in [0, 0.1) is 17.8 Å². The molecule has 0 bridgehead atoms. The van der Waals surface area contributed by atoms with Crippen molar-refractivity contribution in [2.45, 2.75) is 72.8 Å². The topological polar surface area (TPSA) is 38.0 Å². The van der Waals surface area contributed by atoms with Crippen molar-refractivity contribution < 1.29 is 0 Å². The average Bonchev–Trinajstić information content (AvgIpc) is 2.31. The van der Waals surface area contributed by atoms with Crippen molar-refractivity contribution in [2.75, 3.05) is 13.1 Å². The number of hydrogen-bond donors (Lipinski definition) is 2. The Hall–Kier alpha value is -0.0800. The average molecular weight is 256 g/mol. The van der Waals surface area contributed by atoms with Crippen LogP contribution in [0.2, 0.25) is 0 Å². The largest absolute Gasteiger partial charge is 0.329 e. The molecule has 0 fully saturated rings. The minimum absolute atomic E-state index is 0.516. The molecule has 1 atom stereocenters. The summed E-state index contributed by atoms with van der Waals surface area (Å²) in [5.41, 5.74) is 5.86. The van der Waals surface area contributed by atoms with Gasteiger partial charge in [0.15, 0.2) is 0 Å². The molecular weight excluding hydrogens is 220 g/mol. The van der Waals surface area contributed by atoms with E-state index in [1.165, 1.54) is 32.1 Å². The third kappa shape index (κ3) is 8.10. The number of unbranched alkanes of at least 4 members (excludes halogenated alkanes) is 3. The molecule has 0 rings (SSSR count). The second kappa shape index (κ2) is 10.8. The summed E-state index contributed by atoms with van der Waals surface area (Å²) in [6.07, 6.45) is 6.57. The maximum atomic E-state index is 5.86. The molecule has 0 aromatic heterocycles. The molecule has 0 saturated heterocycles. The Morgan fingerprint density at radius 3 is 2.00 bits per heavy atom. The standard InChI is InChI=1S/C16H36N2/c1-6-7-8-9-10-15(11-17)18-12-16(13(2)3)14(4)5/h13-16,18H,6-12,17H2,1-5H3. The lowest BCUT2D eigenvalue weighted by atomic mass is 9.85. The van der Waals surface area contributed by atoms with Crippen molar-refractivity contribution in [2.24, 2.45) is 23.5 Å². The monoisotopic (exact) mass is 256 g/mol. The lowest BCUT2D eigenvalue weighted by Gasteiger charge is -2.28. The summed E-state index contributed by atoms with van der Waals surface area (Å²) in [7, 11) is 0. The van der Waals surface area contributed by atoms with Gasteiger partial charge < -0.3 is 11.1 Å². The van der Waals surface area contributed by atoms with Crippen LogP contribution in [0.25, 0.3) is 0 Å². The summed E-state index contributed by atoms with van der Waals surface area (Å²) in [6.45, 7) is 13.4. The fourth-order valence-electron chi connectivity index (χ4n) is 2.66. The Bertz CT molecular complexity index is 170. The van der Waals surface area contributed by atoms with Crippen molar-refractivity contribution in [3.8, 4) is 0 Å². The first-order chi connectivity index (χ1) is 8.52. The van der Waals surface area contributed by atoms with Crippen LogP contribution in [0.15, 0.2) is 0 Å². The van der Waals surface area contributed by atoms with Crippen LogP contribution in [0.3, 0.4) is 0 Å². The second-order valence-electron chi connectivity index (χ2n) is 6.34. The van der Waals surface area contributed by atoms with Gasteiger partial charge in [-0.25, -0.2) is 0 Å². The van der Waals surface area contributed by atoms with Crippen molar-refractivity contribution in [1.29, 1.82) is 0 Å². The lowest BCUT2D eigenvalue weighted by molar-refractivity contribution is 0.262. The van der Waals surface area contributed by atoms with Crippen LogP contribution in [-0.2, 0) is 0 Å². The summed E-state index contributed by atoms with van der Waals surface area (Å²) in [6, 6.07) is 0.516. The number of nitrogens with two attached hydrogens (primary N) is 1. The van der Waals surface area contributed by atoms with Crippen molar-refractivity contribution in [3.05, 3.63) is 0 Å². The first kappa shape index (κ1) is 17.9. The Morgan fingerprint density at radius 1 is 0.944 bits per heavy atom. The van der Waals surface area contributed by atoms with Crippen LogP contribution < -0.4 is 11.1 Å². The van der Waals surface area contributed by atoms with Gasteiger partial charge in [0.25, 0.3) is 0 Å². The Labute approximate surface area is 115 Å². The predicted octanol–water partition coefficient (Wildman–Crippen LogP) is 3.80. The Kier molecular flexibility index (Phi) is 10.8. The minimum Gasteiger partial charge on any atom is -0.329 e. The molecule has 0 spiro atoms. The first-order valence-electron chi connectivity index (χ1n) is 7.96. The smallest absolute Gasteiger partial charge is 0.0190 e. The van der Waals surface area contributed by atoms with Crippen LogP contribution in [0.1, 0.15) is 66.7 Å². The van der Waals surface area contributed by atoms with Gasteiger partial charge in [-0.2, -0.15) is 0 Å². The van der Waals surface area contributed by atoms with E-state index in [4.69, 9.17) is 5.73 Å². The molecule has 0 heterocycles. The highest BCUT2D eigenvalue weighted by Crippen LogP contribution is 2.19. The van der Waals surface area contributed by atoms with Gasteiger partial charge in [0.1, 0.15) is 0 Å². The van der Waals surface area contributed by atoms with Gasteiger partial charge >= 0.3 is 0 Å². The molecule has 18 heavy (non-hydrogen) atoms. The van der Waals surface area contributed by atoms with Gasteiger partial charge in [0.05, 0.1) is 0 Å². The Morgan fingerprint density at radius 2 is 1.56 bits per heavy atom. The molecule has 2 nitrogen and oxygen atoms in total. The highest BCUT2D eigenvalue weighted by molar-refractivity contribution is 4.74. The van der Waals surface area contributed by atoms with Gasteiger partial charge in [0, 0.05) is 12.6 Å². The van der Waals surface area contributed by atoms with Gasteiger partial charge in [0.2, 0.25) is 0 Å². The zero-order chi connectivity index (χ0) is 14.0. The van der Waals surface area contributed by atoms with Gasteiger partial charge in [-0.05, 0) is 30.7 Å². The third-order valence-electron chi connectivity index (χ3n) is 4.05. The molecule has 3 N–H and O–H groups in total. The summed E-state index contributed by atoms with van der Waals surface area (Å²) >= 11 is 0. The molecular formula is C16H36N2. The van der Waals surface area contributed by atoms with Gasteiger partial charge in [-0.1, -0.05) is 60.3 Å². The van der Waals surface area contributed by atoms with E-state index in [0.717, 1.165) is 30.8 Å². The first-order valence-corrected chi connectivity index (χ1v) is 7.96. The second-order valence-corrected chi connectivity index (χ2v) is 6.34. The van der Waals surface area contributed by atoms with E-state index in [2.05, 4.69) is 39.9 Å². The molecule has 1 unspecified atom stereocenters. The molecule has 0 amide bonds. The predicted molar refractivity (Wildman–Crippen MR) is 82.8 cm³/mol. The van der Waals surface area contributed by atoms with E-state index < -0.39 is 0 Å². The van der Waals surface area contributed by atoms with Crippen molar-refractivity contribution in [1.82, 2.24) is 5.32 Å². The fraction of sp³-hybridized carbons (Fsp3) is 1.00. The maximum Gasteiger partial charge on any atom is 0.0190 e. The van der Waals surface area contributed by atoms with Crippen LogP contribution in [0.4, 0.5) is 0 Å². The Balaban J connectivity index is 3.89. The van der Waals surface area contributed by atoms with Crippen molar-refractivity contribution >= 4 is 0 Å². The number of rotatable bonds is 11. The molecule has 0 aliphatic rings. The highest BCUT2D eigenvalue weighted by atomic mass is 14.9. The molecule has 0 aliphatic heterocycles. The maximum absolute atomic E-state index is 5.86. The molecule has 0 aliphatic carbocycles. The van der Waals surface area contributed by atoms with Crippen LogP contribution >= 0.6 is 0 Å². The number of hydrogen-bond acceptors (Lipinski definition) is 2. The summed E-state index contributed by atoms with van der Waals surface area (Å²) < 4.78 is 0. The quantitative estimate of drug-likeness (QED) is 0.552. The van der Waals surface area contributed by atoms with E-state index in [9.17, 15) is 0 Å². The van der Waals surface area contributed by atoms with Crippen LogP contribution in [0.5, 0.6) is 0 Å². The van der Waals surface area contributed by atoms with E-state index in [0.29, 0.717) is 6.04 Å². The van der Waals surface area contributed by atoms with Gasteiger partial charge in [-0.15, -0.1) is 0 Å². The van der Waals surface area contributed by atoms with E-state index >= 15 is 0 Å². The third-order valence-corrected chi connectivity index (χ3v) is 4.05. The zero-order valence-corrected chi connectivity index (χ0v) is 13.3. The van der Waals surface area contributed by atoms with Gasteiger partial charge in [-0.3, -0.25) is 0 Å². The molecule has 0 saturated carbocycles. The van der Waals surface area contributed by atoms with E-state index in [1.807, 2.05) is 0 Å². The molecule has 2 heteroatoms. The zero-order valence-electron chi connectivity index (χ0n) is 13.3. The lowest BCUT2D eigenvalue weighted by Crippen LogP contribution is -2.41. The van der Waals surface area contributed by atoms with E-state index in [-0.39, 0.29) is 0 Å². The van der Waals surface area contributed by atoms with Crippen molar-refractivity contribution in [3.63, 3.8) is 0 Å². The number of nitrogens with one attached hydrogen (secondary N) is 1. The molecule has 0 radical (unpaired) electrons. The minimum atomic E-state index is 0.516. The summed E-state index contributed by atoms with van der Waals surface area (Å²) in [5, 5.41) is 3.68. The summed E-state index contributed by atoms with van der Waals surface area (Å²) in [5.74, 6) is 2.25. The molecule has 0 aromatic carbocycles. The van der Waals surface area contributed by atoms with E-state index in [1.54, 1.807) is 0 Å². The summed E-state index contributed by atoms with van der Waals surface area (Å²) in [4.78, 5) is 0. The molecule has 110 valence electrons. The van der Waals surface area contributed by atoms with Crippen LogP contribution in [-0.4, -0.2) is 19.1 Å². The highest BCUT2D eigenvalue weighted by Gasteiger charge is 2.18. The molecule has 0 aromatic rings. The normalized spacial score (nSPS) is 13.8. The fourth-order valence-corrected chi connectivity index (χ4v) is 2.66. The SMILES string of the molecule is CCCCCCC(CN)NCC(C(C)C)C(C)C.